The van der Waals surface area contributed by atoms with E-state index < -0.39 is 20.5 Å². The molecule has 30 heavy (non-hydrogen) atoms. The Bertz CT molecular complexity index is 1120. The molecule has 0 spiro atoms. The molecule has 0 aliphatic carbocycles. The van der Waals surface area contributed by atoms with Crippen molar-refractivity contribution in [2.75, 3.05) is 11.1 Å². The predicted octanol–water partition coefficient (Wildman–Crippen LogP) is 3.13. The van der Waals surface area contributed by atoms with E-state index in [1.807, 2.05) is 41.9 Å². The molecule has 158 valence electrons. The maximum atomic E-state index is 12.6. The highest BCUT2D eigenvalue weighted by atomic mass is 32.2. The molecule has 7 nitrogen and oxygen atoms in total. The molecule has 0 fully saturated rings. The van der Waals surface area contributed by atoms with Gasteiger partial charge in [0.15, 0.2) is 5.16 Å². The standard InChI is InChI=1S/C19H18F2N4O3S2/c1-25-16(11-13-5-3-2-4-6-13)23-24-19(25)29-12-17(26)22-14-7-9-15(10-8-14)30(27,28)18(20)21/h2-10,18H,11-12H2,1H3,(H,22,26). The number of hydrogen-bond donors (Lipinski definition) is 1. The van der Waals surface area contributed by atoms with Gasteiger partial charge >= 0.3 is 5.76 Å². The fourth-order valence-electron chi connectivity index (χ4n) is 2.56. The van der Waals surface area contributed by atoms with E-state index in [9.17, 15) is 22.0 Å². The quantitative estimate of drug-likeness (QED) is 0.528. The lowest BCUT2D eigenvalue weighted by atomic mass is 10.1. The number of halogens is 2. The van der Waals surface area contributed by atoms with Gasteiger partial charge in [0, 0.05) is 19.2 Å². The van der Waals surface area contributed by atoms with Gasteiger partial charge in [0.1, 0.15) is 5.82 Å². The van der Waals surface area contributed by atoms with Crippen molar-refractivity contribution < 1.29 is 22.0 Å². The Morgan fingerprint density at radius 1 is 1.10 bits per heavy atom. The number of hydrogen-bond acceptors (Lipinski definition) is 6. The highest BCUT2D eigenvalue weighted by Crippen LogP contribution is 2.21. The van der Waals surface area contributed by atoms with Crippen LogP contribution < -0.4 is 5.32 Å². The second-order valence-corrected chi connectivity index (χ2v) is 9.15. The zero-order chi connectivity index (χ0) is 21.7. The normalized spacial score (nSPS) is 11.6. The van der Waals surface area contributed by atoms with Crippen LogP contribution in [0.4, 0.5) is 14.5 Å². The highest BCUT2D eigenvalue weighted by molar-refractivity contribution is 7.99. The average molecular weight is 453 g/mol. The molecular weight excluding hydrogens is 434 g/mol. The van der Waals surface area contributed by atoms with Gasteiger partial charge in [-0.2, -0.15) is 8.78 Å². The van der Waals surface area contributed by atoms with E-state index in [-0.39, 0.29) is 11.7 Å². The molecular formula is C19H18F2N4O3S2. The number of benzene rings is 2. The van der Waals surface area contributed by atoms with Gasteiger partial charge in [-0.05, 0) is 29.8 Å². The number of alkyl halides is 2. The molecule has 1 heterocycles. The minimum Gasteiger partial charge on any atom is -0.325 e. The van der Waals surface area contributed by atoms with Crippen LogP contribution in [0.5, 0.6) is 0 Å². The summed E-state index contributed by atoms with van der Waals surface area (Å²) in [6, 6.07) is 14.4. The number of sulfone groups is 1. The molecule has 3 rings (SSSR count). The summed E-state index contributed by atoms with van der Waals surface area (Å²) >= 11 is 1.20. The number of aromatic nitrogens is 3. The molecule has 1 aromatic heterocycles. The fraction of sp³-hybridized carbons (Fsp3) is 0.211. The van der Waals surface area contributed by atoms with Gasteiger partial charge in [-0.15, -0.1) is 10.2 Å². The van der Waals surface area contributed by atoms with Crippen molar-refractivity contribution in [1.29, 1.82) is 0 Å². The second-order valence-electron chi connectivity index (χ2n) is 6.29. The zero-order valence-electron chi connectivity index (χ0n) is 15.8. The molecule has 0 unspecified atom stereocenters. The number of carbonyl (C=O) groups excluding carboxylic acids is 1. The van der Waals surface area contributed by atoms with Crippen molar-refractivity contribution in [2.24, 2.45) is 7.05 Å². The number of rotatable bonds is 8. The smallest absolute Gasteiger partial charge is 0.325 e. The third-order valence-electron chi connectivity index (χ3n) is 4.16. The lowest BCUT2D eigenvalue weighted by molar-refractivity contribution is -0.113. The van der Waals surface area contributed by atoms with Gasteiger partial charge in [0.2, 0.25) is 15.7 Å². The summed E-state index contributed by atoms with van der Waals surface area (Å²) in [5.74, 6) is -3.03. The van der Waals surface area contributed by atoms with Crippen LogP contribution >= 0.6 is 11.8 Å². The molecule has 1 N–H and O–H groups in total. The lowest BCUT2D eigenvalue weighted by Gasteiger charge is -2.07. The van der Waals surface area contributed by atoms with Crippen LogP contribution in [0.1, 0.15) is 11.4 Å². The minimum absolute atomic E-state index is 0.0500. The Morgan fingerprint density at radius 3 is 2.40 bits per heavy atom. The first-order chi connectivity index (χ1) is 14.3. The van der Waals surface area contributed by atoms with E-state index in [2.05, 4.69) is 15.5 Å². The van der Waals surface area contributed by atoms with Gasteiger partial charge in [-0.3, -0.25) is 4.79 Å². The molecule has 3 aromatic rings. The number of thioether (sulfide) groups is 1. The fourth-order valence-corrected chi connectivity index (χ4v) is 4.01. The van der Waals surface area contributed by atoms with E-state index in [1.165, 1.54) is 23.9 Å². The summed E-state index contributed by atoms with van der Waals surface area (Å²) in [6.07, 6.45) is 0.616. The van der Waals surface area contributed by atoms with Crippen molar-refractivity contribution in [3.8, 4) is 0 Å². The average Bonchev–Trinajstić information content (AvgIpc) is 3.07. The molecule has 0 bridgehead atoms. The first kappa shape index (κ1) is 21.9. The number of carbonyl (C=O) groups is 1. The second kappa shape index (κ2) is 9.35. The lowest BCUT2D eigenvalue weighted by Crippen LogP contribution is -2.15. The summed E-state index contributed by atoms with van der Waals surface area (Å²) in [7, 11) is -2.84. The van der Waals surface area contributed by atoms with Crippen LogP contribution in [-0.2, 0) is 28.1 Å². The Balaban J connectivity index is 1.56. The summed E-state index contributed by atoms with van der Waals surface area (Å²) in [4.78, 5) is 11.7. The van der Waals surface area contributed by atoms with Crippen molar-refractivity contribution in [2.45, 2.75) is 22.2 Å². The Morgan fingerprint density at radius 2 is 1.77 bits per heavy atom. The van der Waals surface area contributed by atoms with Crippen LogP contribution in [0.3, 0.4) is 0 Å². The largest absolute Gasteiger partial charge is 0.341 e. The van der Waals surface area contributed by atoms with E-state index in [1.54, 1.807) is 0 Å². The number of amides is 1. The first-order valence-corrected chi connectivity index (χ1v) is 11.3. The monoisotopic (exact) mass is 452 g/mol. The summed E-state index contributed by atoms with van der Waals surface area (Å²) in [5, 5.41) is 11.4. The summed E-state index contributed by atoms with van der Waals surface area (Å²) in [6.45, 7) is 0. The van der Waals surface area contributed by atoms with Gasteiger partial charge in [0.25, 0.3) is 0 Å². The minimum atomic E-state index is -4.66. The van der Waals surface area contributed by atoms with Crippen molar-refractivity contribution in [1.82, 2.24) is 14.8 Å². The molecule has 0 aliphatic heterocycles. The first-order valence-electron chi connectivity index (χ1n) is 8.74. The third-order valence-corrected chi connectivity index (χ3v) is 6.58. The van der Waals surface area contributed by atoms with E-state index in [4.69, 9.17) is 0 Å². The van der Waals surface area contributed by atoms with Gasteiger partial charge in [-0.25, -0.2) is 8.42 Å². The van der Waals surface area contributed by atoms with Crippen molar-refractivity contribution in [3.63, 3.8) is 0 Å². The van der Waals surface area contributed by atoms with E-state index >= 15 is 0 Å². The number of nitrogens with zero attached hydrogens (tertiary/aromatic N) is 3. The van der Waals surface area contributed by atoms with Crippen molar-refractivity contribution >= 4 is 33.2 Å². The molecule has 2 aromatic carbocycles. The Labute approximate surface area is 176 Å². The zero-order valence-corrected chi connectivity index (χ0v) is 17.5. The maximum absolute atomic E-state index is 12.6. The molecule has 11 heteroatoms. The van der Waals surface area contributed by atoms with E-state index in [0.717, 1.165) is 23.5 Å². The predicted molar refractivity (Wildman–Crippen MR) is 109 cm³/mol. The Hall–Kier alpha value is -2.79. The van der Waals surface area contributed by atoms with Gasteiger partial charge in [-0.1, -0.05) is 42.1 Å². The number of anilines is 1. The van der Waals surface area contributed by atoms with E-state index in [0.29, 0.717) is 17.3 Å². The van der Waals surface area contributed by atoms with Crippen LogP contribution in [0, 0.1) is 0 Å². The molecule has 0 atom stereocenters. The molecule has 0 aliphatic rings. The molecule has 1 amide bonds. The van der Waals surface area contributed by atoms with Crippen LogP contribution in [-0.4, -0.2) is 40.6 Å². The molecule has 0 radical (unpaired) electrons. The molecule has 0 saturated heterocycles. The van der Waals surface area contributed by atoms with Crippen LogP contribution in [0.2, 0.25) is 0 Å². The SMILES string of the molecule is Cn1c(Cc2ccccc2)nnc1SCC(=O)Nc1ccc(S(=O)(=O)C(F)F)cc1. The van der Waals surface area contributed by atoms with Crippen LogP contribution in [0.15, 0.2) is 64.6 Å². The van der Waals surface area contributed by atoms with Gasteiger partial charge in [0.05, 0.1) is 10.6 Å². The van der Waals surface area contributed by atoms with Crippen molar-refractivity contribution in [3.05, 3.63) is 66.0 Å². The topological polar surface area (TPSA) is 93.9 Å². The van der Waals surface area contributed by atoms with Gasteiger partial charge < -0.3 is 9.88 Å². The number of nitrogens with one attached hydrogen (secondary N) is 1. The Kier molecular flexibility index (Phi) is 6.83. The summed E-state index contributed by atoms with van der Waals surface area (Å²) < 4.78 is 49.8. The summed E-state index contributed by atoms with van der Waals surface area (Å²) in [5.41, 5.74) is 1.40. The highest BCUT2D eigenvalue weighted by Gasteiger charge is 2.26. The third kappa shape index (κ3) is 5.22. The maximum Gasteiger partial charge on any atom is 0.341 e. The molecule has 0 saturated carbocycles. The van der Waals surface area contributed by atoms with Crippen LogP contribution in [0.25, 0.3) is 0 Å².